The lowest BCUT2D eigenvalue weighted by molar-refractivity contribution is 0.200. The molecule has 2 heterocycles. The molecule has 1 saturated carbocycles. The van der Waals surface area contributed by atoms with Crippen LogP contribution in [0.2, 0.25) is 0 Å². The van der Waals surface area contributed by atoms with Crippen LogP contribution in [-0.2, 0) is 0 Å². The smallest absolute Gasteiger partial charge is 0.0951 e. The van der Waals surface area contributed by atoms with Gasteiger partial charge in [-0.3, -0.25) is 4.90 Å². The molecule has 0 amide bonds. The van der Waals surface area contributed by atoms with Gasteiger partial charge in [-0.2, -0.15) is 0 Å². The van der Waals surface area contributed by atoms with Crippen molar-refractivity contribution in [2.75, 3.05) is 19.6 Å². The van der Waals surface area contributed by atoms with Gasteiger partial charge in [-0.1, -0.05) is 6.92 Å². The van der Waals surface area contributed by atoms with E-state index < -0.39 is 0 Å². The summed E-state index contributed by atoms with van der Waals surface area (Å²) in [7, 11) is 0. The Hall–Kier alpha value is -0.870. The molecule has 2 atom stereocenters. The molecule has 1 aromatic rings. The molecule has 2 fully saturated rings. The molecule has 2 unspecified atom stereocenters. The predicted octanol–water partition coefficient (Wildman–Crippen LogP) is 2.34. The van der Waals surface area contributed by atoms with E-state index in [0.717, 1.165) is 5.92 Å². The van der Waals surface area contributed by atoms with E-state index in [-0.39, 0.29) is 0 Å². The third kappa shape index (κ3) is 2.84. The number of hydrogen-bond donors (Lipinski definition) is 1. The van der Waals surface area contributed by atoms with Gasteiger partial charge in [-0.25, -0.2) is 4.98 Å². The van der Waals surface area contributed by atoms with Gasteiger partial charge in [0.15, 0.2) is 0 Å². The summed E-state index contributed by atoms with van der Waals surface area (Å²) in [6.07, 6.45) is 10.6. The highest BCUT2D eigenvalue weighted by molar-refractivity contribution is 5.10. The molecule has 0 bridgehead atoms. The molecule has 0 radical (unpaired) electrons. The Labute approximate surface area is 116 Å². The summed E-state index contributed by atoms with van der Waals surface area (Å²) in [4.78, 5) is 6.95. The molecule has 2 N–H and O–H groups in total. The van der Waals surface area contributed by atoms with Crippen molar-refractivity contribution in [3.05, 3.63) is 18.2 Å². The van der Waals surface area contributed by atoms with E-state index in [1.165, 1.54) is 50.9 Å². The highest BCUT2D eigenvalue weighted by Crippen LogP contribution is 2.38. The molecule has 106 valence electrons. The molecule has 1 aromatic heterocycles. The van der Waals surface area contributed by atoms with Gasteiger partial charge in [0.2, 0.25) is 0 Å². The number of likely N-dealkylation sites (tertiary alicyclic amines) is 1. The minimum Gasteiger partial charge on any atom is -0.330 e. The normalized spacial score (nSPS) is 27.2. The average molecular weight is 262 g/mol. The summed E-state index contributed by atoms with van der Waals surface area (Å²) >= 11 is 0. The Bertz CT molecular complexity index is 410. The molecule has 1 saturated heterocycles. The zero-order valence-corrected chi connectivity index (χ0v) is 12.0. The van der Waals surface area contributed by atoms with Gasteiger partial charge in [0.05, 0.1) is 18.1 Å². The molecule has 4 nitrogen and oxygen atoms in total. The van der Waals surface area contributed by atoms with E-state index in [4.69, 9.17) is 5.73 Å². The first kappa shape index (κ1) is 13.1. The summed E-state index contributed by atoms with van der Waals surface area (Å²) in [5, 5.41) is 0. The van der Waals surface area contributed by atoms with Gasteiger partial charge in [0.25, 0.3) is 0 Å². The molecular formula is C15H26N4. The number of nitrogens with zero attached hydrogens (tertiary/aromatic N) is 3. The summed E-state index contributed by atoms with van der Waals surface area (Å²) in [6.45, 7) is 5.43. The first-order valence-corrected chi connectivity index (χ1v) is 7.75. The monoisotopic (exact) mass is 262 g/mol. The molecule has 1 aliphatic carbocycles. The van der Waals surface area contributed by atoms with Crippen LogP contribution in [0.4, 0.5) is 0 Å². The van der Waals surface area contributed by atoms with Gasteiger partial charge >= 0.3 is 0 Å². The molecule has 0 aromatic carbocycles. The van der Waals surface area contributed by atoms with Gasteiger partial charge in [0, 0.05) is 18.8 Å². The molecule has 4 heteroatoms. The van der Waals surface area contributed by atoms with Crippen molar-refractivity contribution in [2.24, 2.45) is 11.7 Å². The predicted molar refractivity (Wildman–Crippen MR) is 76.9 cm³/mol. The molecule has 0 spiro atoms. The first-order valence-electron chi connectivity index (χ1n) is 7.75. The number of aromatic nitrogens is 2. The van der Waals surface area contributed by atoms with Gasteiger partial charge in [-0.05, 0) is 51.1 Å². The van der Waals surface area contributed by atoms with Gasteiger partial charge < -0.3 is 10.3 Å². The van der Waals surface area contributed by atoms with Crippen LogP contribution in [0.3, 0.4) is 0 Å². The summed E-state index contributed by atoms with van der Waals surface area (Å²) in [5.41, 5.74) is 7.42. The summed E-state index contributed by atoms with van der Waals surface area (Å²) in [6, 6.07) is 1.05. The van der Waals surface area contributed by atoms with Gasteiger partial charge in [0.1, 0.15) is 0 Å². The van der Waals surface area contributed by atoms with E-state index in [1.807, 2.05) is 12.5 Å². The Morgan fingerprint density at radius 3 is 2.89 bits per heavy atom. The number of imidazole rings is 1. The standard InChI is InChI=1S/C15H26N4/c1-12-3-2-7-18(8-6-12)14(9-16)15-10-17-11-19(15)13-4-5-13/h10-14H,2-9,16H2,1H3. The van der Waals surface area contributed by atoms with Crippen LogP contribution >= 0.6 is 0 Å². The molecule has 1 aliphatic heterocycles. The van der Waals surface area contributed by atoms with Crippen molar-refractivity contribution in [1.29, 1.82) is 0 Å². The Balaban J connectivity index is 1.77. The van der Waals surface area contributed by atoms with E-state index in [2.05, 4.69) is 21.4 Å². The third-order valence-corrected chi connectivity index (χ3v) is 4.69. The van der Waals surface area contributed by atoms with E-state index in [1.54, 1.807) is 0 Å². The van der Waals surface area contributed by atoms with Crippen LogP contribution in [0.25, 0.3) is 0 Å². The SMILES string of the molecule is CC1CCCN(C(CN)c2cncn2C2CC2)CC1. The maximum Gasteiger partial charge on any atom is 0.0951 e. The molecular weight excluding hydrogens is 236 g/mol. The minimum atomic E-state index is 0.355. The highest BCUT2D eigenvalue weighted by atomic mass is 15.2. The Morgan fingerprint density at radius 2 is 2.16 bits per heavy atom. The van der Waals surface area contributed by atoms with Crippen LogP contribution < -0.4 is 5.73 Å². The van der Waals surface area contributed by atoms with Crippen LogP contribution in [0.15, 0.2) is 12.5 Å². The zero-order chi connectivity index (χ0) is 13.2. The first-order chi connectivity index (χ1) is 9.29. The van der Waals surface area contributed by atoms with E-state index >= 15 is 0 Å². The Morgan fingerprint density at radius 1 is 1.32 bits per heavy atom. The highest BCUT2D eigenvalue weighted by Gasteiger charge is 2.30. The number of rotatable bonds is 4. The van der Waals surface area contributed by atoms with Crippen molar-refractivity contribution in [2.45, 2.75) is 51.1 Å². The lowest BCUT2D eigenvalue weighted by atomic mass is 10.0. The molecule has 3 rings (SSSR count). The van der Waals surface area contributed by atoms with Crippen LogP contribution in [0.5, 0.6) is 0 Å². The second kappa shape index (κ2) is 5.63. The fraction of sp³-hybridized carbons (Fsp3) is 0.800. The lowest BCUT2D eigenvalue weighted by Gasteiger charge is -2.30. The number of nitrogens with two attached hydrogens (primary N) is 1. The third-order valence-electron chi connectivity index (χ3n) is 4.69. The van der Waals surface area contributed by atoms with Crippen molar-refractivity contribution >= 4 is 0 Å². The van der Waals surface area contributed by atoms with E-state index in [9.17, 15) is 0 Å². The largest absolute Gasteiger partial charge is 0.330 e. The van der Waals surface area contributed by atoms with Crippen LogP contribution in [-0.4, -0.2) is 34.1 Å². The summed E-state index contributed by atoms with van der Waals surface area (Å²) < 4.78 is 2.37. The number of hydrogen-bond acceptors (Lipinski definition) is 3. The quantitative estimate of drug-likeness (QED) is 0.906. The van der Waals surface area contributed by atoms with E-state index in [0.29, 0.717) is 18.6 Å². The maximum atomic E-state index is 6.09. The summed E-state index contributed by atoms with van der Waals surface area (Å²) in [5.74, 6) is 0.858. The van der Waals surface area contributed by atoms with Crippen LogP contribution in [0, 0.1) is 5.92 Å². The average Bonchev–Trinajstić information content (AvgIpc) is 3.18. The molecule has 2 aliphatic rings. The van der Waals surface area contributed by atoms with Crippen molar-refractivity contribution < 1.29 is 0 Å². The molecule has 19 heavy (non-hydrogen) atoms. The lowest BCUT2D eigenvalue weighted by Crippen LogP contribution is -2.35. The van der Waals surface area contributed by atoms with Crippen molar-refractivity contribution in [3.63, 3.8) is 0 Å². The fourth-order valence-electron chi connectivity index (χ4n) is 3.28. The van der Waals surface area contributed by atoms with Gasteiger partial charge in [-0.15, -0.1) is 0 Å². The Kier molecular flexibility index (Phi) is 3.89. The van der Waals surface area contributed by atoms with Crippen molar-refractivity contribution in [3.8, 4) is 0 Å². The maximum absolute atomic E-state index is 6.09. The fourth-order valence-corrected chi connectivity index (χ4v) is 3.28. The topological polar surface area (TPSA) is 47.1 Å². The van der Waals surface area contributed by atoms with Crippen LogP contribution in [0.1, 0.15) is 56.8 Å². The minimum absolute atomic E-state index is 0.355. The second-order valence-corrected chi connectivity index (χ2v) is 6.28. The van der Waals surface area contributed by atoms with Crippen molar-refractivity contribution in [1.82, 2.24) is 14.5 Å². The second-order valence-electron chi connectivity index (χ2n) is 6.28. The zero-order valence-electron chi connectivity index (χ0n) is 12.0.